The fourth-order valence-corrected chi connectivity index (χ4v) is 2.86. The van der Waals surface area contributed by atoms with Gasteiger partial charge < -0.3 is 10.1 Å². The number of nitrogens with zero attached hydrogens (tertiary/aromatic N) is 5. The average molecular weight is 466 g/mol. The van der Waals surface area contributed by atoms with Crippen LogP contribution in [0.4, 0.5) is 32.3 Å². The predicted octanol–water partition coefficient (Wildman–Crippen LogP) is 4.90. The van der Waals surface area contributed by atoms with Gasteiger partial charge in [0, 0.05) is 30.4 Å². The summed E-state index contributed by atoms with van der Waals surface area (Å²) in [5.74, 6) is -4.12. The maximum absolute atomic E-state index is 14.5. The van der Waals surface area contributed by atoms with Gasteiger partial charge in [-0.15, -0.1) is 0 Å². The number of pyridine rings is 1. The lowest BCUT2D eigenvalue weighted by Gasteiger charge is -2.14. The summed E-state index contributed by atoms with van der Waals surface area (Å²) < 4.78 is 87.4. The van der Waals surface area contributed by atoms with Crippen molar-refractivity contribution in [3.05, 3.63) is 83.3 Å². The zero-order valence-corrected chi connectivity index (χ0v) is 16.3. The van der Waals surface area contributed by atoms with Crippen LogP contribution >= 0.6 is 0 Å². The summed E-state index contributed by atoms with van der Waals surface area (Å²) >= 11 is 0. The second-order valence-electron chi connectivity index (χ2n) is 6.55. The van der Waals surface area contributed by atoms with Crippen molar-refractivity contribution >= 4 is 5.95 Å². The number of ether oxygens (including phenoxy) is 1. The van der Waals surface area contributed by atoms with Crippen molar-refractivity contribution in [3.8, 4) is 17.3 Å². The molecular weight excluding hydrogens is 454 g/mol. The molecule has 2 aromatic heterocycles. The van der Waals surface area contributed by atoms with Gasteiger partial charge in [-0.25, -0.2) is 18.2 Å². The minimum absolute atomic E-state index is 0.0793. The average Bonchev–Trinajstić information content (AvgIpc) is 3.23. The second-order valence-corrected chi connectivity index (χ2v) is 6.55. The molecule has 0 saturated heterocycles. The van der Waals surface area contributed by atoms with E-state index in [0.29, 0.717) is 10.7 Å². The Balaban J connectivity index is 1.63. The van der Waals surface area contributed by atoms with Crippen LogP contribution in [0.25, 0.3) is 5.69 Å². The van der Waals surface area contributed by atoms with Gasteiger partial charge in [0.2, 0.25) is 11.8 Å². The first-order valence-corrected chi connectivity index (χ1v) is 9.19. The van der Waals surface area contributed by atoms with Crippen LogP contribution in [0, 0.1) is 17.5 Å². The highest BCUT2D eigenvalue weighted by molar-refractivity contribution is 5.45. The lowest BCUT2D eigenvalue weighted by molar-refractivity contribution is -0.140. The Kier molecular flexibility index (Phi) is 5.85. The summed E-state index contributed by atoms with van der Waals surface area (Å²) in [6.45, 7) is -0.250. The van der Waals surface area contributed by atoms with Crippen molar-refractivity contribution in [1.29, 1.82) is 0 Å². The van der Waals surface area contributed by atoms with E-state index in [4.69, 9.17) is 4.74 Å². The molecule has 0 spiro atoms. The van der Waals surface area contributed by atoms with Gasteiger partial charge in [0.25, 0.3) is 0 Å². The molecule has 0 aliphatic heterocycles. The predicted molar refractivity (Wildman–Crippen MR) is 102 cm³/mol. The Morgan fingerprint density at radius 3 is 2.48 bits per heavy atom. The molecule has 0 unspecified atom stereocenters. The summed E-state index contributed by atoms with van der Waals surface area (Å²) in [4.78, 5) is 3.94. The number of rotatable bonds is 6. The van der Waals surface area contributed by atoms with Crippen LogP contribution in [0.5, 0.6) is 11.6 Å². The van der Waals surface area contributed by atoms with Crippen LogP contribution in [0.15, 0.2) is 54.7 Å². The lowest BCUT2D eigenvalue weighted by atomic mass is 10.1. The second kappa shape index (κ2) is 8.76. The monoisotopic (exact) mass is 466 g/mol. The van der Waals surface area contributed by atoms with Crippen molar-refractivity contribution in [2.24, 2.45) is 0 Å². The summed E-state index contributed by atoms with van der Waals surface area (Å²) in [5.41, 5.74) is -1.95. The molecule has 4 aromatic rings. The highest BCUT2D eigenvalue weighted by Gasteiger charge is 2.35. The highest BCUT2D eigenvalue weighted by atomic mass is 19.4. The zero-order valence-electron chi connectivity index (χ0n) is 16.3. The number of hydrogen-bond donors (Lipinski definition) is 1. The summed E-state index contributed by atoms with van der Waals surface area (Å²) in [5, 5.41) is 13.1. The first kappa shape index (κ1) is 22.0. The maximum Gasteiger partial charge on any atom is 0.419 e. The minimum atomic E-state index is -4.93. The van der Waals surface area contributed by atoms with E-state index in [1.165, 1.54) is 12.3 Å². The van der Waals surface area contributed by atoms with Gasteiger partial charge in [-0.3, -0.25) is 0 Å². The summed E-state index contributed by atoms with van der Waals surface area (Å²) in [7, 11) is 0. The number of hydrogen-bond acceptors (Lipinski definition) is 6. The van der Waals surface area contributed by atoms with E-state index >= 15 is 0 Å². The van der Waals surface area contributed by atoms with Gasteiger partial charge in [-0.2, -0.15) is 17.9 Å². The summed E-state index contributed by atoms with van der Waals surface area (Å²) in [6.07, 6.45) is -3.49. The molecule has 0 amide bonds. The van der Waals surface area contributed by atoms with E-state index in [9.17, 15) is 26.3 Å². The van der Waals surface area contributed by atoms with Gasteiger partial charge in [-0.1, -0.05) is 17.2 Å². The number of halogens is 6. The fourth-order valence-electron chi connectivity index (χ4n) is 2.86. The van der Waals surface area contributed by atoms with Crippen LogP contribution in [0.3, 0.4) is 0 Å². The van der Waals surface area contributed by atoms with E-state index in [1.807, 2.05) is 0 Å². The smallest absolute Gasteiger partial charge is 0.419 e. The standard InChI is InChI=1S/C20H12F6N6O/c21-13-8-11(16(9-14(13)22)33-17-6-1-2-7-27-17)10-28-19-29-30-31-32(19)15-5-3-4-12(18(15)23)20(24,25)26/h1-9H,10H2,(H,28,29,31). The number of aromatic nitrogens is 5. The fraction of sp³-hybridized carbons (Fsp3) is 0.100. The molecule has 2 heterocycles. The zero-order chi connectivity index (χ0) is 23.6. The first-order valence-electron chi connectivity index (χ1n) is 9.19. The lowest BCUT2D eigenvalue weighted by Crippen LogP contribution is -2.13. The molecule has 1 N–H and O–H groups in total. The highest BCUT2D eigenvalue weighted by Crippen LogP contribution is 2.34. The van der Waals surface area contributed by atoms with E-state index in [-0.39, 0.29) is 29.7 Å². The van der Waals surface area contributed by atoms with Gasteiger partial charge in [0.05, 0.1) is 5.56 Å². The number of tetrazole rings is 1. The first-order chi connectivity index (χ1) is 15.7. The number of anilines is 1. The Bertz CT molecular complexity index is 1280. The molecule has 0 bridgehead atoms. The normalized spacial score (nSPS) is 11.5. The number of nitrogens with one attached hydrogen (secondary N) is 1. The van der Waals surface area contributed by atoms with Crippen LogP contribution in [-0.2, 0) is 12.7 Å². The molecule has 0 fully saturated rings. The third kappa shape index (κ3) is 4.71. The maximum atomic E-state index is 14.5. The minimum Gasteiger partial charge on any atom is -0.439 e. The molecule has 0 saturated carbocycles. The molecule has 0 atom stereocenters. The van der Waals surface area contributed by atoms with Crippen molar-refractivity contribution < 1.29 is 31.1 Å². The van der Waals surface area contributed by atoms with E-state index in [1.54, 1.807) is 12.1 Å². The van der Waals surface area contributed by atoms with Crippen LogP contribution < -0.4 is 10.1 Å². The van der Waals surface area contributed by atoms with Gasteiger partial charge >= 0.3 is 6.18 Å². The Morgan fingerprint density at radius 2 is 1.76 bits per heavy atom. The van der Waals surface area contributed by atoms with Crippen molar-refractivity contribution in [2.75, 3.05) is 5.32 Å². The van der Waals surface area contributed by atoms with E-state index in [0.717, 1.165) is 24.3 Å². The van der Waals surface area contributed by atoms with Crippen molar-refractivity contribution in [3.63, 3.8) is 0 Å². The van der Waals surface area contributed by atoms with Crippen LogP contribution in [0.2, 0.25) is 0 Å². The van der Waals surface area contributed by atoms with E-state index < -0.39 is 34.9 Å². The molecule has 13 heteroatoms. The van der Waals surface area contributed by atoms with Gasteiger partial charge in [-0.05, 0) is 34.7 Å². The molecule has 0 radical (unpaired) electrons. The molecule has 0 aliphatic carbocycles. The molecule has 4 rings (SSSR count). The Hall–Kier alpha value is -4.16. The van der Waals surface area contributed by atoms with Crippen LogP contribution in [-0.4, -0.2) is 25.2 Å². The van der Waals surface area contributed by atoms with Crippen molar-refractivity contribution in [1.82, 2.24) is 25.2 Å². The summed E-state index contributed by atoms with van der Waals surface area (Å²) in [6, 6.07) is 9.07. The molecule has 7 nitrogen and oxygen atoms in total. The Labute approximate surface area is 181 Å². The molecule has 170 valence electrons. The molecular formula is C20H12F6N6O. The SMILES string of the molecule is Fc1cc(CNc2nnnn2-c2cccc(C(F)(F)F)c2F)c(Oc2ccccn2)cc1F. The number of benzene rings is 2. The van der Waals surface area contributed by atoms with Gasteiger partial charge in [0.1, 0.15) is 11.4 Å². The third-order valence-electron chi connectivity index (χ3n) is 4.37. The third-order valence-corrected chi connectivity index (χ3v) is 4.37. The van der Waals surface area contributed by atoms with Crippen LogP contribution in [0.1, 0.15) is 11.1 Å². The van der Waals surface area contributed by atoms with Gasteiger partial charge in [0.15, 0.2) is 17.5 Å². The topological polar surface area (TPSA) is 77.8 Å². The van der Waals surface area contributed by atoms with E-state index in [2.05, 4.69) is 25.8 Å². The molecule has 2 aromatic carbocycles. The largest absolute Gasteiger partial charge is 0.439 e. The van der Waals surface area contributed by atoms with Crippen molar-refractivity contribution in [2.45, 2.75) is 12.7 Å². The molecule has 33 heavy (non-hydrogen) atoms. The quantitative estimate of drug-likeness (QED) is 0.408. The number of alkyl halides is 3. The molecule has 0 aliphatic rings. The Morgan fingerprint density at radius 1 is 0.970 bits per heavy atom.